The zero-order valence-corrected chi connectivity index (χ0v) is 12.4. The number of nitrogens with one attached hydrogen (secondary N) is 1. The monoisotopic (exact) mass is 273 g/mol. The van der Waals surface area contributed by atoms with Crippen molar-refractivity contribution in [2.24, 2.45) is 0 Å². The second-order valence-corrected chi connectivity index (χ2v) is 7.90. The summed E-state index contributed by atoms with van der Waals surface area (Å²) in [5, 5.41) is 3.77. The zero-order valence-electron chi connectivity index (χ0n) is 11.6. The molecule has 2 aliphatic heterocycles. The Labute approximate surface area is 113 Å². The Hall–Kier alpha value is -0.260. The Balaban J connectivity index is 1.69. The molecule has 0 saturated carbocycles. The summed E-state index contributed by atoms with van der Waals surface area (Å²) in [4.78, 5) is 11.6. The summed E-state index contributed by atoms with van der Waals surface area (Å²) in [6.45, 7) is 8.81. The van der Waals surface area contributed by atoms with E-state index in [1.165, 1.54) is 0 Å². The van der Waals surface area contributed by atoms with Gasteiger partial charge in [0.1, 0.15) is 11.0 Å². The molecular weight excluding hydrogens is 250 g/mol. The van der Waals surface area contributed by atoms with Crippen molar-refractivity contribution in [2.75, 3.05) is 6.61 Å². The molecule has 2 saturated heterocycles. The van der Waals surface area contributed by atoms with Crippen LogP contribution in [-0.4, -0.2) is 34.5 Å². The molecule has 5 heteroatoms. The van der Waals surface area contributed by atoms with Crippen LogP contribution in [0.15, 0.2) is 0 Å². The van der Waals surface area contributed by atoms with E-state index in [-0.39, 0.29) is 16.9 Å². The molecule has 0 aromatic carbocycles. The summed E-state index contributed by atoms with van der Waals surface area (Å²) in [6, 6.07) is -0.139. The molecule has 1 N–H and O–H groups in total. The minimum atomic E-state index is -0.505. The number of hydrogen-bond donors (Lipinski definition) is 1. The Morgan fingerprint density at radius 3 is 2.56 bits per heavy atom. The van der Waals surface area contributed by atoms with Crippen molar-refractivity contribution in [1.82, 2.24) is 5.32 Å². The maximum absolute atomic E-state index is 11.6. The van der Waals surface area contributed by atoms with Crippen LogP contribution in [0.1, 0.15) is 47.0 Å². The molecular formula is C13H23NO3S. The van der Waals surface area contributed by atoms with Crippen molar-refractivity contribution < 1.29 is 14.3 Å². The molecule has 2 heterocycles. The molecule has 18 heavy (non-hydrogen) atoms. The SMILES string of the molecule is CC1(C)NC(CCC[C@H]2COC(C)(C)S2)C(=O)O1. The van der Waals surface area contributed by atoms with Gasteiger partial charge in [-0.25, -0.2) is 0 Å². The molecule has 0 amide bonds. The van der Waals surface area contributed by atoms with Crippen molar-refractivity contribution in [3.05, 3.63) is 0 Å². The van der Waals surface area contributed by atoms with E-state index in [9.17, 15) is 4.79 Å². The van der Waals surface area contributed by atoms with Crippen LogP contribution in [-0.2, 0) is 14.3 Å². The highest BCUT2D eigenvalue weighted by Crippen LogP contribution is 2.39. The first-order valence-electron chi connectivity index (χ1n) is 6.60. The Morgan fingerprint density at radius 2 is 2.06 bits per heavy atom. The number of cyclic esters (lactones) is 1. The average Bonchev–Trinajstić information content (AvgIpc) is 2.67. The fourth-order valence-electron chi connectivity index (χ4n) is 2.48. The topological polar surface area (TPSA) is 47.6 Å². The van der Waals surface area contributed by atoms with E-state index in [0.29, 0.717) is 5.25 Å². The lowest BCUT2D eigenvalue weighted by Crippen LogP contribution is -2.38. The number of hydrogen-bond acceptors (Lipinski definition) is 5. The summed E-state index contributed by atoms with van der Waals surface area (Å²) in [5.41, 5.74) is -0.505. The van der Waals surface area contributed by atoms with Crippen LogP contribution in [0, 0.1) is 0 Å². The minimum absolute atomic E-state index is 0.0444. The molecule has 2 aliphatic rings. The lowest BCUT2D eigenvalue weighted by Gasteiger charge is -2.17. The van der Waals surface area contributed by atoms with Crippen molar-refractivity contribution in [3.63, 3.8) is 0 Å². The van der Waals surface area contributed by atoms with E-state index in [4.69, 9.17) is 9.47 Å². The third kappa shape index (κ3) is 3.62. The normalized spacial score (nSPS) is 33.7. The predicted octanol–water partition coefficient (Wildman–Crippen LogP) is 2.28. The second-order valence-electron chi connectivity index (χ2n) is 6.01. The largest absolute Gasteiger partial charge is 0.443 e. The van der Waals surface area contributed by atoms with Crippen LogP contribution in [0.25, 0.3) is 0 Å². The van der Waals surface area contributed by atoms with Gasteiger partial charge in [-0.2, -0.15) is 0 Å². The third-order valence-electron chi connectivity index (χ3n) is 3.25. The zero-order chi connectivity index (χ0) is 13.4. The van der Waals surface area contributed by atoms with Gasteiger partial charge < -0.3 is 9.47 Å². The number of carbonyl (C=O) groups is 1. The molecule has 2 rings (SSSR count). The quantitative estimate of drug-likeness (QED) is 0.796. The van der Waals surface area contributed by atoms with Crippen molar-refractivity contribution in [3.8, 4) is 0 Å². The molecule has 0 aliphatic carbocycles. The van der Waals surface area contributed by atoms with Gasteiger partial charge in [-0.15, -0.1) is 11.8 Å². The standard InChI is InChI=1S/C13H23NO3S/c1-12(2)14-10(11(15)17-12)7-5-6-9-8-16-13(3,4)18-9/h9-10,14H,5-8H2,1-4H3/t9-,10?/m0/s1. The summed E-state index contributed by atoms with van der Waals surface area (Å²) in [7, 11) is 0. The van der Waals surface area contributed by atoms with Gasteiger partial charge in [-0.05, 0) is 40.5 Å². The molecule has 0 aromatic rings. The first-order valence-corrected chi connectivity index (χ1v) is 7.48. The molecule has 0 radical (unpaired) electrons. The van der Waals surface area contributed by atoms with E-state index in [0.717, 1.165) is 25.9 Å². The molecule has 0 aromatic heterocycles. The van der Waals surface area contributed by atoms with Gasteiger partial charge in [0.25, 0.3) is 0 Å². The Bertz CT molecular complexity index is 330. The van der Waals surface area contributed by atoms with Crippen LogP contribution in [0.2, 0.25) is 0 Å². The molecule has 0 bridgehead atoms. The van der Waals surface area contributed by atoms with Crippen LogP contribution in [0.4, 0.5) is 0 Å². The van der Waals surface area contributed by atoms with Crippen molar-refractivity contribution in [1.29, 1.82) is 0 Å². The fourth-order valence-corrected chi connectivity index (χ4v) is 3.83. The van der Waals surface area contributed by atoms with Gasteiger partial charge in [-0.1, -0.05) is 6.42 Å². The van der Waals surface area contributed by atoms with E-state index in [2.05, 4.69) is 19.2 Å². The van der Waals surface area contributed by atoms with E-state index < -0.39 is 5.72 Å². The van der Waals surface area contributed by atoms with E-state index >= 15 is 0 Å². The predicted molar refractivity (Wildman–Crippen MR) is 72.4 cm³/mol. The van der Waals surface area contributed by atoms with Crippen LogP contribution >= 0.6 is 11.8 Å². The minimum Gasteiger partial charge on any atom is -0.443 e. The molecule has 2 atom stereocenters. The molecule has 2 fully saturated rings. The number of ether oxygens (including phenoxy) is 2. The van der Waals surface area contributed by atoms with Gasteiger partial charge in [0.05, 0.1) is 6.61 Å². The highest BCUT2D eigenvalue weighted by Gasteiger charge is 2.39. The van der Waals surface area contributed by atoms with E-state index in [1.807, 2.05) is 25.6 Å². The molecule has 104 valence electrons. The maximum Gasteiger partial charge on any atom is 0.324 e. The lowest BCUT2D eigenvalue weighted by molar-refractivity contribution is -0.147. The second kappa shape index (κ2) is 5.02. The van der Waals surface area contributed by atoms with Crippen LogP contribution in [0.3, 0.4) is 0 Å². The molecule has 1 unspecified atom stereocenters. The Kier molecular flexibility index (Phi) is 3.95. The summed E-state index contributed by atoms with van der Waals surface area (Å²) in [5.74, 6) is -0.115. The van der Waals surface area contributed by atoms with Gasteiger partial charge in [-0.3, -0.25) is 10.1 Å². The average molecular weight is 273 g/mol. The fraction of sp³-hybridized carbons (Fsp3) is 0.923. The smallest absolute Gasteiger partial charge is 0.324 e. The van der Waals surface area contributed by atoms with E-state index in [1.54, 1.807) is 0 Å². The maximum atomic E-state index is 11.6. The summed E-state index contributed by atoms with van der Waals surface area (Å²) >= 11 is 1.89. The highest BCUT2D eigenvalue weighted by molar-refractivity contribution is 8.01. The summed E-state index contributed by atoms with van der Waals surface area (Å²) < 4.78 is 10.9. The number of carbonyl (C=O) groups excluding carboxylic acids is 1. The highest BCUT2D eigenvalue weighted by atomic mass is 32.2. The lowest BCUT2D eigenvalue weighted by atomic mass is 10.1. The Morgan fingerprint density at radius 1 is 1.33 bits per heavy atom. The van der Waals surface area contributed by atoms with Crippen molar-refractivity contribution >= 4 is 17.7 Å². The third-order valence-corrected chi connectivity index (χ3v) is 4.64. The summed E-state index contributed by atoms with van der Waals surface area (Å²) in [6.07, 6.45) is 2.97. The number of esters is 1. The first-order chi connectivity index (χ1) is 8.27. The van der Waals surface area contributed by atoms with Gasteiger partial charge in [0.2, 0.25) is 0 Å². The molecule has 0 spiro atoms. The van der Waals surface area contributed by atoms with Crippen molar-refractivity contribution in [2.45, 2.75) is 68.9 Å². The first kappa shape index (κ1) is 14.2. The van der Waals surface area contributed by atoms with Gasteiger partial charge in [0, 0.05) is 5.25 Å². The van der Waals surface area contributed by atoms with Gasteiger partial charge >= 0.3 is 5.97 Å². The molecule has 4 nitrogen and oxygen atoms in total. The van der Waals surface area contributed by atoms with Crippen LogP contribution < -0.4 is 5.32 Å². The van der Waals surface area contributed by atoms with Crippen LogP contribution in [0.5, 0.6) is 0 Å². The van der Waals surface area contributed by atoms with Gasteiger partial charge in [0.15, 0.2) is 5.72 Å². The number of thioether (sulfide) groups is 1. The number of rotatable bonds is 4.